The molecule has 1 saturated heterocycles. The molecule has 2 aromatic carbocycles. The van der Waals surface area contributed by atoms with Crippen LogP contribution in [0.3, 0.4) is 0 Å². The molecule has 0 bridgehead atoms. The van der Waals surface area contributed by atoms with Gasteiger partial charge in [-0.15, -0.1) is 0 Å². The molecule has 1 aliphatic rings. The van der Waals surface area contributed by atoms with E-state index in [0.29, 0.717) is 13.1 Å². The number of hydrogen-bond acceptors (Lipinski definition) is 4. The summed E-state index contributed by atoms with van der Waals surface area (Å²) in [6.07, 6.45) is 0. The minimum atomic E-state index is -3.79. The van der Waals surface area contributed by atoms with Gasteiger partial charge in [0.25, 0.3) is 0 Å². The fraction of sp³-hybridized carbons (Fsp3) is 0.350. The zero-order valence-electron chi connectivity index (χ0n) is 15.8. The molecule has 150 valence electrons. The Morgan fingerprint density at radius 2 is 1.61 bits per heavy atom. The van der Waals surface area contributed by atoms with Crippen LogP contribution in [0.25, 0.3) is 0 Å². The Labute approximate surface area is 174 Å². The van der Waals surface area contributed by atoms with E-state index in [1.54, 1.807) is 35.2 Å². The van der Waals surface area contributed by atoms with E-state index in [9.17, 15) is 13.2 Å². The Bertz CT molecular complexity index is 896. The van der Waals surface area contributed by atoms with Crippen molar-refractivity contribution < 1.29 is 13.2 Å². The Kier molecular flexibility index (Phi) is 6.87. The van der Waals surface area contributed by atoms with Crippen LogP contribution >= 0.6 is 15.9 Å². The van der Waals surface area contributed by atoms with Gasteiger partial charge in [0.1, 0.15) is 0 Å². The highest BCUT2D eigenvalue weighted by molar-refractivity contribution is 9.10. The maximum Gasteiger partial charge on any atom is 0.243 e. The highest BCUT2D eigenvalue weighted by Gasteiger charge is 2.29. The van der Waals surface area contributed by atoms with Crippen LogP contribution in [0.15, 0.2) is 64.0 Å². The first kappa shape index (κ1) is 21.0. The number of benzene rings is 2. The lowest BCUT2D eigenvalue weighted by atomic mass is 10.2. The molecule has 0 aromatic heterocycles. The fourth-order valence-electron chi connectivity index (χ4n) is 3.07. The number of amides is 1. The van der Waals surface area contributed by atoms with Gasteiger partial charge < -0.3 is 9.80 Å². The Morgan fingerprint density at radius 3 is 2.21 bits per heavy atom. The molecule has 28 heavy (non-hydrogen) atoms. The van der Waals surface area contributed by atoms with Crippen molar-refractivity contribution in [2.24, 2.45) is 0 Å². The van der Waals surface area contributed by atoms with Crippen molar-refractivity contribution in [3.05, 3.63) is 64.6 Å². The summed E-state index contributed by atoms with van der Waals surface area (Å²) in [6.45, 7) is 2.80. The Hall–Kier alpha value is -1.74. The zero-order valence-corrected chi connectivity index (χ0v) is 18.2. The van der Waals surface area contributed by atoms with Crippen LogP contribution in [0.1, 0.15) is 5.56 Å². The molecule has 0 aliphatic carbocycles. The van der Waals surface area contributed by atoms with Gasteiger partial charge in [0.05, 0.1) is 11.4 Å². The van der Waals surface area contributed by atoms with E-state index in [4.69, 9.17) is 0 Å². The molecule has 1 aliphatic heterocycles. The molecule has 0 N–H and O–H groups in total. The van der Waals surface area contributed by atoms with Crippen LogP contribution in [0.4, 0.5) is 0 Å². The van der Waals surface area contributed by atoms with E-state index in [1.165, 1.54) is 4.31 Å². The highest BCUT2D eigenvalue weighted by atomic mass is 79.9. The second kappa shape index (κ2) is 9.17. The van der Waals surface area contributed by atoms with Crippen LogP contribution in [0.2, 0.25) is 0 Å². The molecular weight excluding hydrogens is 442 g/mol. The standard InChI is InChI=1S/C20H24BrN3O3S/c1-22-11-13-23(14-12-22)20(25)16-24(15-17-7-9-18(21)10-8-17)28(26,27)19-5-3-2-4-6-19/h2-10H,11-16H2,1H3. The number of likely N-dealkylation sites (N-methyl/N-ethyl adjacent to an activating group) is 1. The number of halogens is 1. The summed E-state index contributed by atoms with van der Waals surface area (Å²) in [4.78, 5) is 16.9. The van der Waals surface area contributed by atoms with Gasteiger partial charge in [-0.25, -0.2) is 8.42 Å². The van der Waals surface area contributed by atoms with Crippen LogP contribution in [-0.4, -0.2) is 68.2 Å². The van der Waals surface area contributed by atoms with Crippen molar-refractivity contribution in [2.75, 3.05) is 39.8 Å². The molecule has 0 spiro atoms. The largest absolute Gasteiger partial charge is 0.339 e. The second-order valence-corrected chi connectivity index (χ2v) is 9.75. The summed E-state index contributed by atoms with van der Waals surface area (Å²) >= 11 is 3.39. The summed E-state index contributed by atoms with van der Waals surface area (Å²) < 4.78 is 28.6. The minimum absolute atomic E-state index is 0.143. The van der Waals surface area contributed by atoms with E-state index >= 15 is 0 Å². The summed E-state index contributed by atoms with van der Waals surface area (Å²) in [6, 6.07) is 15.7. The van der Waals surface area contributed by atoms with Gasteiger partial charge in [-0.1, -0.05) is 46.3 Å². The van der Waals surface area contributed by atoms with Gasteiger partial charge >= 0.3 is 0 Å². The van der Waals surface area contributed by atoms with E-state index in [-0.39, 0.29) is 23.9 Å². The normalized spacial score (nSPS) is 15.8. The number of carbonyl (C=O) groups excluding carboxylic acids is 1. The summed E-state index contributed by atoms with van der Waals surface area (Å²) in [7, 11) is -1.77. The predicted octanol–water partition coefficient (Wildman–Crippen LogP) is 2.41. The molecule has 0 saturated carbocycles. The van der Waals surface area contributed by atoms with Crippen LogP contribution in [0, 0.1) is 0 Å². The monoisotopic (exact) mass is 465 g/mol. The highest BCUT2D eigenvalue weighted by Crippen LogP contribution is 2.20. The van der Waals surface area contributed by atoms with Crippen LogP contribution in [0.5, 0.6) is 0 Å². The first-order chi connectivity index (χ1) is 13.4. The second-order valence-electron chi connectivity index (χ2n) is 6.90. The average molecular weight is 466 g/mol. The van der Waals surface area contributed by atoms with Crippen molar-refractivity contribution in [3.8, 4) is 0 Å². The van der Waals surface area contributed by atoms with Crippen molar-refractivity contribution in [1.29, 1.82) is 0 Å². The lowest BCUT2D eigenvalue weighted by Crippen LogP contribution is -2.50. The molecule has 1 heterocycles. The quantitative estimate of drug-likeness (QED) is 0.656. The third-order valence-corrected chi connectivity index (χ3v) is 7.16. The number of nitrogens with zero attached hydrogens (tertiary/aromatic N) is 3. The van der Waals surface area contributed by atoms with Gasteiger partial charge in [-0.3, -0.25) is 4.79 Å². The number of sulfonamides is 1. The lowest BCUT2D eigenvalue weighted by molar-refractivity contribution is -0.133. The molecule has 1 amide bonds. The summed E-state index contributed by atoms with van der Waals surface area (Å²) in [5.41, 5.74) is 0.828. The van der Waals surface area contributed by atoms with E-state index < -0.39 is 10.0 Å². The minimum Gasteiger partial charge on any atom is -0.339 e. The Morgan fingerprint density at radius 1 is 1.00 bits per heavy atom. The number of piperazine rings is 1. The van der Waals surface area contributed by atoms with Crippen molar-refractivity contribution in [2.45, 2.75) is 11.4 Å². The molecule has 2 aromatic rings. The molecule has 8 heteroatoms. The van der Waals surface area contributed by atoms with E-state index in [1.807, 2.05) is 31.3 Å². The summed E-state index contributed by atoms with van der Waals surface area (Å²) in [5.74, 6) is -0.162. The van der Waals surface area contributed by atoms with Crippen molar-refractivity contribution in [1.82, 2.24) is 14.1 Å². The van der Waals surface area contributed by atoms with Crippen LogP contribution < -0.4 is 0 Å². The molecule has 1 fully saturated rings. The third-order valence-electron chi connectivity index (χ3n) is 4.82. The van der Waals surface area contributed by atoms with Gasteiger partial charge in [0.2, 0.25) is 15.9 Å². The van der Waals surface area contributed by atoms with Gasteiger partial charge in [-0.2, -0.15) is 4.31 Å². The molecule has 0 unspecified atom stereocenters. The fourth-order valence-corrected chi connectivity index (χ4v) is 4.73. The van der Waals surface area contributed by atoms with Crippen molar-refractivity contribution >= 4 is 31.9 Å². The van der Waals surface area contributed by atoms with E-state index in [2.05, 4.69) is 20.8 Å². The predicted molar refractivity (Wildman–Crippen MR) is 112 cm³/mol. The lowest BCUT2D eigenvalue weighted by Gasteiger charge is -2.33. The Balaban J connectivity index is 1.83. The topological polar surface area (TPSA) is 60.9 Å². The molecule has 0 radical (unpaired) electrons. The third kappa shape index (κ3) is 5.20. The van der Waals surface area contributed by atoms with E-state index in [0.717, 1.165) is 23.1 Å². The molecule has 0 atom stereocenters. The van der Waals surface area contributed by atoms with Crippen LogP contribution in [-0.2, 0) is 21.4 Å². The maximum absolute atomic E-state index is 13.2. The molecule has 3 rings (SSSR count). The molecule has 6 nitrogen and oxygen atoms in total. The van der Waals surface area contributed by atoms with Crippen molar-refractivity contribution in [3.63, 3.8) is 0 Å². The number of carbonyl (C=O) groups is 1. The maximum atomic E-state index is 13.2. The molecular formula is C20H24BrN3O3S. The first-order valence-corrected chi connectivity index (χ1v) is 11.4. The van der Waals surface area contributed by atoms with Gasteiger partial charge in [0, 0.05) is 37.2 Å². The number of hydrogen-bond donors (Lipinski definition) is 0. The van der Waals surface area contributed by atoms with Gasteiger partial charge in [-0.05, 0) is 36.9 Å². The zero-order chi connectivity index (χ0) is 20.1. The smallest absolute Gasteiger partial charge is 0.243 e. The number of rotatable bonds is 6. The SMILES string of the molecule is CN1CCN(C(=O)CN(Cc2ccc(Br)cc2)S(=O)(=O)c2ccccc2)CC1. The van der Waals surface area contributed by atoms with Gasteiger partial charge in [0.15, 0.2) is 0 Å². The average Bonchev–Trinajstić information content (AvgIpc) is 2.70. The summed E-state index contributed by atoms with van der Waals surface area (Å²) in [5, 5.41) is 0. The first-order valence-electron chi connectivity index (χ1n) is 9.12.